The van der Waals surface area contributed by atoms with Gasteiger partial charge in [0.05, 0.1) is 11.6 Å². The molecule has 0 atom stereocenters. The number of nitrogens with zero attached hydrogens (tertiary/aromatic N) is 4. The van der Waals surface area contributed by atoms with E-state index in [1.165, 1.54) is 0 Å². The predicted molar refractivity (Wildman–Crippen MR) is 80.0 cm³/mol. The van der Waals surface area contributed by atoms with Crippen LogP contribution in [-0.4, -0.2) is 45.1 Å². The number of halogens is 1. The Kier molecular flexibility index (Phi) is 5.42. The highest BCUT2D eigenvalue weighted by Crippen LogP contribution is 2.23. The van der Waals surface area contributed by atoms with Crippen LogP contribution in [-0.2, 0) is 16.1 Å². The summed E-state index contributed by atoms with van der Waals surface area (Å²) < 4.78 is 0. The summed E-state index contributed by atoms with van der Waals surface area (Å²) in [5, 5.41) is 17.3. The van der Waals surface area contributed by atoms with Crippen molar-refractivity contribution in [1.29, 1.82) is 0 Å². The zero-order chi connectivity index (χ0) is 15.9. The first kappa shape index (κ1) is 15.9. The molecule has 0 saturated carbocycles. The van der Waals surface area contributed by atoms with Gasteiger partial charge in [-0.25, -0.2) is 0 Å². The highest BCUT2D eigenvalue weighted by atomic mass is 35.5. The van der Waals surface area contributed by atoms with Crippen molar-refractivity contribution in [3.05, 3.63) is 29.3 Å². The largest absolute Gasteiger partial charge is 0.355 e. The first-order chi connectivity index (χ1) is 10.6. The molecule has 22 heavy (non-hydrogen) atoms. The number of benzene rings is 1. The first-order valence-electron chi connectivity index (χ1n) is 6.66. The number of rotatable bonds is 6. The molecule has 0 bridgehead atoms. The molecule has 0 unspecified atom stereocenters. The Morgan fingerprint density at radius 2 is 2.00 bits per heavy atom. The Hall–Kier alpha value is -2.48. The van der Waals surface area contributed by atoms with Gasteiger partial charge in [-0.2, -0.15) is 4.80 Å². The average Bonchev–Trinajstić information content (AvgIpc) is 2.94. The Morgan fingerprint density at radius 3 is 2.73 bits per heavy atom. The van der Waals surface area contributed by atoms with E-state index in [-0.39, 0.29) is 24.9 Å². The van der Waals surface area contributed by atoms with Gasteiger partial charge in [-0.05, 0) is 24.3 Å². The Labute approximate surface area is 131 Å². The molecule has 9 heteroatoms. The minimum Gasteiger partial charge on any atom is -0.355 e. The molecule has 1 aromatic heterocycles. The topological polar surface area (TPSA) is 102 Å². The fraction of sp³-hybridized carbons (Fsp3) is 0.308. The number of tetrazole rings is 1. The van der Waals surface area contributed by atoms with E-state index in [0.29, 0.717) is 23.0 Å². The van der Waals surface area contributed by atoms with E-state index in [4.69, 9.17) is 11.6 Å². The van der Waals surface area contributed by atoms with Gasteiger partial charge >= 0.3 is 0 Å². The van der Waals surface area contributed by atoms with Crippen molar-refractivity contribution in [2.24, 2.45) is 0 Å². The molecule has 8 nitrogen and oxygen atoms in total. The summed E-state index contributed by atoms with van der Waals surface area (Å²) in [5.41, 5.74) is 0.637. The van der Waals surface area contributed by atoms with E-state index in [1.54, 1.807) is 31.2 Å². The summed E-state index contributed by atoms with van der Waals surface area (Å²) >= 11 is 6.05. The minimum absolute atomic E-state index is 0.0846. The molecule has 2 aromatic rings. The van der Waals surface area contributed by atoms with Gasteiger partial charge in [-0.15, -0.1) is 10.2 Å². The molecule has 2 rings (SSSR count). The first-order valence-corrected chi connectivity index (χ1v) is 7.04. The molecule has 0 spiro atoms. The average molecular weight is 323 g/mol. The van der Waals surface area contributed by atoms with Crippen molar-refractivity contribution < 1.29 is 9.59 Å². The van der Waals surface area contributed by atoms with E-state index in [9.17, 15) is 9.59 Å². The fourth-order valence-electron chi connectivity index (χ4n) is 1.68. The summed E-state index contributed by atoms with van der Waals surface area (Å²) in [6.07, 6.45) is 0. The SMILES string of the molecule is CCNC(=O)CNC(=O)Cn1nnc(-c2ccccc2Cl)n1. The molecule has 0 fully saturated rings. The summed E-state index contributed by atoms with van der Waals surface area (Å²) in [6.45, 7) is 2.10. The van der Waals surface area contributed by atoms with Crippen molar-refractivity contribution >= 4 is 23.4 Å². The van der Waals surface area contributed by atoms with E-state index < -0.39 is 0 Å². The molecular weight excluding hydrogens is 308 g/mol. The van der Waals surface area contributed by atoms with Gasteiger partial charge < -0.3 is 10.6 Å². The normalized spacial score (nSPS) is 10.3. The van der Waals surface area contributed by atoms with Gasteiger partial charge in [0.2, 0.25) is 17.6 Å². The highest BCUT2D eigenvalue weighted by Gasteiger charge is 2.12. The second-order valence-electron chi connectivity index (χ2n) is 4.35. The molecule has 0 aliphatic heterocycles. The van der Waals surface area contributed by atoms with Crippen molar-refractivity contribution in [1.82, 2.24) is 30.8 Å². The molecule has 2 N–H and O–H groups in total. The maximum Gasteiger partial charge on any atom is 0.244 e. The molecule has 1 aromatic carbocycles. The summed E-state index contributed by atoms with van der Waals surface area (Å²) in [6, 6.07) is 7.08. The number of aromatic nitrogens is 4. The number of likely N-dealkylation sites (N-methyl/N-ethyl adjacent to an activating group) is 1. The van der Waals surface area contributed by atoms with E-state index >= 15 is 0 Å². The highest BCUT2D eigenvalue weighted by molar-refractivity contribution is 6.33. The van der Waals surface area contributed by atoms with Crippen molar-refractivity contribution in [2.45, 2.75) is 13.5 Å². The number of nitrogens with one attached hydrogen (secondary N) is 2. The summed E-state index contributed by atoms with van der Waals surface area (Å²) in [5.74, 6) is -0.296. The van der Waals surface area contributed by atoms with Gasteiger partial charge in [0.15, 0.2) is 0 Å². The zero-order valence-corrected chi connectivity index (χ0v) is 12.7. The monoisotopic (exact) mass is 322 g/mol. The lowest BCUT2D eigenvalue weighted by atomic mass is 10.2. The molecule has 0 saturated heterocycles. The summed E-state index contributed by atoms with van der Waals surface area (Å²) in [7, 11) is 0. The number of hydrogen-bond donors (Lipinski definition) is 2. The van der Waals surface area contributed by atoms with Gasteiger partial charge in [0.25, 0.3) is 0 Å². The van der Waals surface area contributed by atoms with E-state index in [2.05, 4.69) is 26.0 Å². The second-order valence-corrected chi connectivity index (χ2v) is 4.76. The van der Waals surface area contributed by atoms with Crippen LogP contribution >= 0.6 is 11.6 Å². The van der Waals surface area contributed by atoms with Crippen LogP contribution in [0, 0.1) is 0 Å². The predicted octanol–water partition coefficient (Wildman–Crippen LogP) is 0.246. The maximum absolute atomic E-state index is 11.7. The van der Waals surface area contributed by atoms with Gasteiger partial charge in [-0.3, -0.25) is 9.59 Å². The molecular formula is C13H15ClN6O2. The Morgan fingerprint density at radius 1 is 1.23 bits per heavy atom. The minimum atomic E-state index is -0.380. The van der Waals surface area contributed by atoms with Crippen LogP contribution in [0.5, 0.6) is 0 Å². The van der Waals surface area contributed by atoms with Crippen molar-refractivity contribution in [2.75, 3.05) is 13.1 Å². The van der Waals surface area contributed by atoms with E-state index in [1.807, 2.05) is 0 Å². The zero-order valence-electron chi connectivity index (χ0n) is 11.9. The van der Waals surface area contributed by atoms with Crippen LogP contribution in [0.2, 0.25) is 5.02 Å². The standard InChI is InChI=1S/C13H15ClN6O2/c1-2-15-11(21)7-16-12(22)8-20-18-13(17-19-20)9-5-3-4-6-10(9)14/h3-6H,2,7-8H2,1H3,(H,15,21)(H,16,22). The van der Waals surface area contributed by atoms with Crippen LogP contribution in [0.1, 0.15) is 6.92 Å². The van der Waals surface area contributed by atoms with Crippen LogP contribution < -0.4 is 10.6 Å². The maximum atomic E-state index is 11.7. The van der Waals surface area contributed by atoms with Gasteiger partial charge in [0, 0.05) is 12.1 Å². The number of hydrogen-bond acceptors (Lipinski definition) is 5. The second kappa shape index (κ2) is 7.51. The molecule has 2 amide bonds. The third kappa shape index (κ3) is 4.26. The molecule has 116 valence electrons. The molecule has 0 aliphatic carbocycles. The van der Waals surface area contributed by atoms with Crippen molar-refractivity contribution in [3.8, 4) is 11.4 Å². The van der Waals surface area contributed by atoms with Crippen LogP contribution in [0.3, 0.4) is 0 Å². The molecule has 1 heterocycles. The van der Waals surface area contributed by atoms with E-state index in [0.717, 1.165) is 4.80 Å². The molecule has 0 aliphatic rings. The lowest BCUT2D eigenvalue weighted by Gasteiger charge is -2.04. The Bertz CT molecular complexity index is 672. The van der Waals surface area contributed by atoms with Crippen molar-refractivity contribution in [3.63, 3.8) is 0 Å². The number of carbonyl (C=O) groups is 2. The fourth-order valence-corrected chi connectivity index (χ4v) is 1.90. The van der Waals surface area contributed by atoms with Crippen LogP contribution in [0.4, 0.5) is 0 Å². The quantitative estimate of drug-likeness (QED) is 0.793. The molecule has 0 radical (unpaired) electrons. The third-order valence-corrected chi connectivity index (χ3v) is 3.00. The lowest BCUT2D eigenvalue weighted by molar-refractivity contribution is -0.126. The van der Waals surface area contributed by atoms with Gasteiger partial charge in [-0.1, -0.05) is 23.7 Å². The van der Waals surface area contributed by atoms with Crippen LogP contribution in [0.25, 0.3) is 11.4 Å². The van der Waals surface area contributed by atoms with Gasteiger partial charge in [0.1, 0.15) is 6.54 Å². The Balaban J connectivity index is 1.94. The lowest BCUT2D eigenvalue weighted by Crippen LogP contribution is -2.38. The summed E-state index contributed by atoms with van der Waals surface area (Å²) in [4.78, 5) is 24.1. The smallest absolute Gasteiger partial charge is 0.244 e. The number of amides is 2. The number of carbonyl (C=O) groups excluding carboxylic acids is 2. The third-order valence-electron chi connectivity index (χ3n) is 2.67. The van der Waals surface area contributed by atoms with Crippen LogP contribution in [0.15, 0.2) is 24.3 Å².